The highest BCUT2D eigenvalue weighted by molar-refractivity contribution is 9.10. The lowest BCUT2D eigenvalue weighted by atomic mass is 9.91. The van der Waals surface area contributed by atoms with Gasteiger partial charge in [0.1, 0.15) is 0 Å². The molecule has 2 nitrogen and oxygen atoms in total. The predicted molar refractivity (Wildman–Crippen MR) is 84.8 cm³/mol. The molecule has 100 valence electrons. The molecule has 0 aromatic heterocycles. The molecule has 0 N–H and O–H groups in total. The van der Waals surface area contributed by atoms with Gasteiger partial charge in [-0.05, 0) is 48.2 Å². The number of anilines is 1. The Kier molecular flexibility index (Phi) is 3.50. The van der Waals surface area contributed by atoms with Crippen molar-refractivity contribution in [2.75, 3.05) is 11.9 Å². The van der Waals surface area contributed by atoms with Crippen LogP contribution in [0.15, 0.2) is 46.9 Å². The second-order valence-electron chi connectivity index (χ2n) is 5.14. The van der Waals surface area contributed by atoms with Gasteiger partial charge >= 0.3 is 0 Å². The molecule has 0 bridgehead atoms. The molecule has 20 heavy (non-hydrogen) atoms. The van der Waals surface area contributed by atoms with Gasteiger partial charge in [-0.2, -0.15) is 5.26 Å². The van der Waals surface area contributed by atoms with E-state index in [-0.39, 0.29) is 0 Å². The van der Waals surface area contributed by atoms with Crippen LogP contribution in [0.25, 0.3) is 0 Å². The van der Waals surface area contributed by atoms with Gasteiger partial charge in [-0.1, -0.05) is 34.1 Å². The van der Waals surface area contributed by atoms with Crippen molar-refractivity contribution in [3.8, 4) is 6.07 Å². The largest absolute Gasteiger partial charge is 0.367 e. The average molecular weight is 327 g/mol. The average Bonchev–Trinajstić information content (AvgIpc) is 2.48. The van der Waals surface area contributed by atoms with E-state index in [4.69, 9.17) is 5.26 Å². The molecule has 0 radical (unpaired) electrons. The minimum Gasteiger partial charge on any atom is -0.367 e. The molecule has 3 rings (SSSR count). The first-order valence-electron chi connectivity index (χ1n) is 6.71. The lowest BCUT2D eigenvalue weighted by molar-refractivity contribution is 0.583. The molecule has 0 spiro atoms. The van der Waals surface area contributed by atoms with Gasteiger partial charge in [0.2, 0.25) is 0 Å². The summed E-state index contributed by atoms with van der Waals surface area (Å²) in [4.78, 5) is 2.32. The van der Waals surface area contributed by atoms with E-state index in [2.05, 4.69) is 58.2 Å². The second-order valence-corrected chi connectivity index (χ2v) is 5.99. The van der Waals surface area contributed by atoms with Crippen LogP contribution < -0.4 is 4.90 Å². The number of rotatable bonds is 1. The zero-order valence-corrected chi connectivity index (χ0v) is 12.9. The normalized spacial score (nSPS) is 17.4. The molecule has 1 heterocycles. The molecule has 2 aromatic carbocycles. The van der Waals surface area contributed by atoms with E-state index in [1.54, 1.807) is 0 Å². The van der Waals surface area contributed by atoms with Crippen LogP contribution in [-0.2, 0) is 6.42 Å². The zero-order valence-electron chi connectivity index (χ0n) is 11.3. The second kappa shape index (κ2) is 5.30. The Morgan fingerprint density at radius 3 is 2.85 bits per heavy atom. The van der Waals surface area contributed by atoms with Crippen molar-refractivity contribution in [3.05, 3.63) is 63.6 Å². The predicted octanol–water partition coefficient (Wildman–Crippen LogP) is 4.44. The van der Waals surface area contributed by atoms with Gasteiger partial charge in [0.25, 0.3) is 0 Å². The summed E-state index contributed by atoms with van der Waals surface area (Å²) in [7, 11) is 2.13. The third-order valence-corrected chi connectivity index (χ3v) is 4.75. The van der Waals surface area contributed by atoms with E-state index in [9.17, 15) is 0 Å². The monoisotopic (exact) mass is 326 g/mol. The van der Waals surface area contributed by atoms with E-state index in [0.29, 0.717) is 6.04 Å². The van der Waals surface area contributed by atoms with Gasteiger partial charge in [-0.15, -0.1) is 0 Å². The van der Waals surface area contributed by atoms with Crippen molar-refractivity contribution in [2.45, 2.75) is 18.9 Å². The molecule has 1 unspecified atom stereocenters. The molecule has 1 atom stereocenters. The minimum absolute atomic E-state index is 0.338. The SMILES string of the molecule is CN1c2cccc(Br)c2CCC1c1cccc(C#N)c1. The summed E-state index contributed by atoms with van der Waals surface area (Å²) in [5, 5.41) is 9.05. The highest BCUT2D eigenvalue weighted by Crippen LogP contribution is 2.40. The Morgan fingerprint density at radius 1 is 1.25 bits per heavy atom. The first-order valence-corrected chi connectivity index (χ1v) is 7.50. The summed E-state index contributed by atoms with van der Waals surface area (Å²) in [6.07, 6.45) is 2.13. The highest BCUT2D eigenvalue weighted by Gasteiger charge is 2.25. The van der Waals surface area contributed by atoms with Gasteiger partial charge in [-0.25, -0.2) is 0 Å². The van der Waals surface area contributed by atoms with E-state index in [1.807, 2.05) is 18.2 Å². The lowest BCUT2D eigenvalue weighted by Crippen LogP contribution is -2.29. The Balaban J connectivity index is 2.00. The maximum Gasteiger partial charge on any atom is 0.0991 e. The Morgan fingerprint density at radius 2 is 2.05 bits per heavy atom. The molecule has 1 aliphatic heterocycles. The first-order chi connectivity index (χ1) is 9.70. The molecule has 3 heteroatoms. The number of fused-ring (bicyclic) bond motifs is 1. The van der Waals surface area contributed by atoms with Crippen LogP contribution in [0.3, 0.4) is 0 Å². The molecule has 0 fully saturated rings. The van der Waals surface area contributed by atoms with E-state index >= 15 is 0 Å². The fourth-order valence-corrected chi connectivity index (χ4v) is 3.53. The third kappa shape index (κ3) is 2.21. The van der Waals surface area contributed by atoms with Crippen LogP contribution in [0.4, 0.5) is 5.69 Å². The highest BCUT2D eigenvalue weighted by atomic mass is 79.9. The standard InChI is InChI=1S/C17H15BrN2/c1-20-16(13-5-2-4-12(10-13)11-19)9-8-14-15(18)6-3-7-17(14)20/h2-7,10,16H,8-9H2,1H3. The Hall–Kier alpha value is -1.79. The Labute approximate surface area is 127 Å². The summed E-state index contributed by atoms with van der Waals surface area (Å²) < 4.78 is 1.19. The Bertz CT molecular complexity index is 688. The summed E-state index contributed by atoms with van der Waals surface area (Å²) in [6, 6.07) is 16.9. The van der Waals surface area contributed by atoms with Crippen molar-refractivity contribution < 1.29 is 0 Å². The van der Waals surface area contributed by atoms with Crippen LogP contribution in [0, 0.1) is 11.3 Å². The van der Waals surface area contributed by atoms with Gasteiger partial charge in [-0.3, -0.25) is 0 Å². The summed E-state index contributed by atoms with van der Waals surface area (Å²) in [5.41, 5.74) is 4.61. The number of halogens is 1. The van der Waals surface area contributed by atoms with Gasteiger partial charge in [0.15, 0.2) is 0 Å². The van der Waals surface area contributed by atoms with Gasteiger partial charge in [0.05, 0.1) is 17.7 Å². The molecule has 0 saturated heterocycles. The molecule has 1 aliphatic rings. The zero-order chi connectivity index (χ0) is 14.1. The van der Waals surface area contributed by atoms with Crippen LogP contribution >= 0.6 is 15.9 Å². The third-order valence-electron chi connectivity index (χ3n) is 4.01. The maximum atomic E-state index is 9.05. The van der Waals surface area contributed by atoms with E-state index in [0.717, 1.165) is 18.4 Å². The molecule has 2 aromatic rings. The van der Waals surface area contributed by atoms with E-state index < -0.39 is 0 Å². The van der Waals surface area contributed by atoms with E-state index in [1.165, 1.54) is 21.3 Å². The molecule has 0 amide bonds. The van der Waals surface area contributed by atoms with Gasteiger partial charge in [0, 0.05) is 17.2 Å². The molecular formula is C17H15BrN2. The summed E-state index contributed by atoms with van der Waals surface area (Å²) in [5.74, 6) is 0. The number of benzene rings is 2. The number of hydrogen-bond acceptors (Lipinski definition) is 2. The van der Waals surface area contributed by atoms with Crippen molar-refractivity contribution in [1.29, 1.82) is 5.26 Å². The van der Waals surface area contributed by atoms with Crippen LogP contribution in [-0.4, -0.2) is 7.05 Å². The number of nitriles is 1. The summed E-state index contributed by atoms with van der Waals surface area (Å²) >= 11 is 3.64. The van der Waals surface area contributed by atoms with Crippen molar-refractivity contribution in [3.63, 3.8) is 0 Å². The molecule has 0 aliphatic carbocycles. The number of hydrogen-bond donors (Lipinski definition) is 0. The number of nitrogens with zero attached hydrogens (tertiary/aromatic N) is 2. The van der Waals surface area contributed by atoms with Crippen LogP contribution in [0.2, 0.25) is 0 Å². The van der Waals surface area contributed by atoms with Crippen molar-refractivity contribution >= 4 is 21.6 Å². The summed E-state index contributed by atoms with van der Waals surface area (Å²) in [6.45, 7) is 0. The fourth-order valence-electron chi connectivity index (χ4n) is 2.97. The minimum atomic E-state index is 0.338. The molecule has 0 saturated carbocycles. The van der Waals surface area contributed by atoms with Crippen LogP contribution in [0.5, 0.6) is 0 Å². The topological polar surface area (TPSA) is 27.0 Å². The van der Waals surface area contributed by atoms with Gasteiger partial charge < -0.3 is 4.90 Å². The first kappa shape index (κ1) is 13.2. The quantitative estimate of drug-likeness (QED) is 0.774. The molecular weight excluding hydrogens is 312 g/mol. The van der Waals surface area contributed by atoms with Crippen molar-refractivity contribution in [2.24, 2.45) is 0 Å². The smallest absolute Gasteiger partial charge is 0.0991 e. The van der Waals surface area contributed by atoms with Crippen LogP contribution in [0.1, 0.15) is 29.2 Å². The lowest BCUT2D eigenvalue weighted by Gasteiger charge is -2.37. The maximum absolute atomic E-state index is 9.05. The van der Waals surface area contributed by atoms with Crippen molar-refractivity contribution in [1.82, 2.24) is 0 Å². The fraction of sp³-hybridized carbons (Fsp3) is 0.235.